The van der Waals surface area contributed by atoms with Crippen molar-refractivity contribution in [2.24, 2.45) is 4.99 Å². The van der Waals surface area contributed by atoms with Crippen LogP contribution in [0.3, 0.4) is 0 Å². The highest BCUT2D eigenvalue weighted by Gasteiger charge is 2.20. The molecule has 0 unspecified atom stereocenters. The molecule has 3 rings (SSSR count). The first kappa shape index (κ1) is 21.8. The molecule has 0 atom stereocenters. The first-order chi connectivity index (χ1) is 14.7. The molecule has 2 aromatic rings. The van der Waals surface area contributed by atoms with Crippen LogP contribution in [0.4, 0.5) is 5.69 Å². The van der Waals surface area contributed by atoms with Gasteiger partial charge in [-0.05, 0) is 31.7 Å². The van der Waals surface area contributed by atoms with Crippen LogP contribution in [-0.2, 0) is 13.0 Å². The molecule has 1 aromatic heterocycles. The van der Waals surface area contributed by atoms with E-state index in [9.17, 15) is 10.1 Å². The second-order valence-corrected chi connectivity index (χ2v) is 7.37. The van der Waals surface area contributed by atoms with E-state index >= 15 is 0 Å². The van der Waals surface area contributed by atoms with Crippen molar-refractivity contribution in [2.45, 2.75) is 32.7 Å². The average molecular weight is 415 g/mol. The van der Waals surface area contributed by atoms with E-state index in [2.05, 4.69) is 27.2 Å². The highest BCUT2D eigenvalue weighted by molar-refractivity contribution is 5.80. The lowest BCUT2D eigenvalue weighted by molar-refractivity contribution is -0.384. The molecule has 0 spiro atoms. The molecule has 1 N–H and O–H groups in total. The molecule has 1 aliphatic heterocycles. The third kappa shape index (κ3) is 6.55. The van der Waals surface area contributed by atoms with Crippen molar-refractivity contribution in [1.29, 1.82) is 0 Å². The molecule has 0 radical (unpaired) electrons. The number of aromatic nitrogens is 1. The molecule has 30 heavy (non-hydrogen) atoms. The molecular formula is C21H30N6O3. The Morgan fingerprint density at radius 3 is 2.60 bits per heavy atom. The number of hydrogen-bond acceptors (Lipinski definition) is 6. The third-order valence-electron chi connectivity index (χ3n) is 5.17. The second kappa shape index (κ2) is 11.3. The van der Waals surface area contributed by atoms with Crippen molar-refractivity contribution >= 4 is 11.6 Å². The lowest BCUT2D eigenvalue weighted by atomic mass is 10.1. The molecule has 0 saturated carbocycles. The Hall–Kier alpha value is -2.94. The van der Waals surface area contributed by atoms with Gasteiger partial charge in [0.25, 0.3) is 5.69 Å². The van der Waals surface area contributed by atoms with E-state index in [1.54, 1.807) is 18.4 Å². The number of nitro groups is 1. The fourth-order valence-electron chi connectivity index (χ4n) is 3.50. The molecule has 9 nitrogen and oxygen atoms in total. The highest BCUT2D eigenvalue weighted by Crippen LogP contribution is 2.14. The SMILES string of the molecule is CCNC(=NCCCCc1ccc([N+](=O)[O-])cc1)N1CCN(Cc2ccon2)CC1. The van der Waals surface area contributed by atoms with E-state index in [1.165, 1.54) is 0 Å². The number of nitrogens with one attached hydrogen (secondary N) is 1. The summed E-state index contributed by atoms with van der Waals surface area (Å²) in [5, 5.41) is 18.1. The summed E-state index contributed by atoms with van der Waals surface area (Å²) in [7, 11) is 0. The zero-order valence-corrected chi connectivity index (χ0v) is 17.5. The Labute approximate surface area is 176 Å². The zero-order chi connectivity index (χ0) is 21.2. The Morgan fingerprint density at radius 1 is 1.20 bits per heavy atom. The van der Waals surface area contributed by atoms with E-state index < -0.39 is 0 Å². The zero-order valence-electron chi connectivity index (χ0n) is 17.5. The molecule has 2 heterocycles. The topological polar surface area (TPSA) is 100 Å². The van der Waals surface area contributed by atoms with Crippen LogP contribution in [0.5, 0.6) is 0 Å². The molecule has 1 saturated heterocycles. The summed E-state index contributed by atoms with van der Waals surface area (Å²) in [6.45, 7) is 8.34. The van der Waals surface area contributed by atoms with E-state index in [1.807, 2.05) is 18.2 Å². The van der Waals surface area contributed by atoms with Gasteiger partial charge < -0.3 is 14.7 Å². The summed E-state index contributed by atoms with van der Waals surface area (Å²) in [4.78, 5) is 19.9. The maximum atomic E-state index is 10.7. The van der Waals surface area contributed by atoms with Crippen LogP contribution >= 0.6 is 0 Å². The van der Waals surface area contributed by atoms with E-state index in [0.717, 1.165) is 82.3 Å². The van der Waals surface area contributed by atoms with E-state index in [4.69, 9.17) is 9.52 Å². The number of hydrogen-bond donors (Lipinski definition) is 1. The summed E-state index contributed by atoms with van der Waals surface area (Å²) in [5.41, 5.74) is 2.23. The number of guanidine groups is 1. The normalized spacial score (nSPS) is 15.4. The smallest absolute Gasteiger partial charge is 0.269 e. The number of rotatable bonds is 9. The van der Waals surface area contributed by atoms with Gasteiger partial charge in [0, 0.05) is 64.0 Å². The maximum absolute atomic E-state index is 10.7. The number of benzene rings is 1. The van der Waals surface area contributed by atoms with Crippen molar-refractivity contribution in [3.05, 3.63) is 58.0 Å². The summed E-state index contributed by atoms with van der Waals surface area (Å²) >= 11 is 0. The lowest BCUT2D eigenvalue weighted by Gasteiger charge is -2.36. The molecule has 9 heteroatoms. The van der Waals surface area contributed by atoms with Crippen LogP contribution < -0.4 is 5.32 Å². The highest BCUT2D eigenvalue weighted by atomic mass is 16.6. The Bertz CT molecular complexity index is 799. The minimum Gasteiger partial charge on any atom is -0.364 e. The lowest BCUT2D eigenvalue weighted by Crippen LogP contribution is -2.52. The Kier molecular flexibility index (Phi) is 8.20. The number of non-ortho nitro benzene ring substituents is 1. The molecule has 1 fully saturated rings. The fourth-order valence-corrected chi connectivity index (χ4v) is 3.50. The number of aliphatic imine (C=N–C) groups is 1. The molecule has 0 amide bonds. The third-order valence-corrected chi connectivity index (χ3v) is 5.17. The number of unbranched alkanes of at least 4 members (excludes halogenated alkanes) is 1. The van der Waals surface area contributed by atoms with Crippen molar-refractivity contribution in [1.82, 2.24) is 20.3 Å². The first-order valence-corrected chi connectivity index (χ1v) is 10.5. The van der Waals surface area contributed by atoms with Crippen LogP contribution in [0.2, 0.25) is 0 Å². The molecule has 1 aromatic carbocycles. The van der Waals surface area contributed by atoms with E-state index in [0.29, 0.717) is 0 Å². The Balaban J connectivity index is 1.40. The Morgan fingerprint density at radius 2 is 1.97 bits per heavy atom. The predicted octanol–water partition coefficient (Wildman–Crippen LogP) is 2.69. The minimum atomic E-state index is -0.366. The monoisotopic (exact) mass is 414 g/mol. The molecule has 0 bridgehead atoms. The van der Waals surface area contributed by atoms with Gasteiger partial charge in [-0.15, -0.1) is 0 Å². The van der Waals surface area contributed by atoms with Crippen LogP contribution in [-0.4, -0.2) is 65.1 Å². The minimum absolute atomic E-state index is 0.139. The fraction of sp³-hybridized carbons (Fsp3) is 0.524. The van der Waals surface area contributed by atoms with Crippen molar-refractivity contribution in [3.63, 3.8) is 0 Å². The van der Waals surface area contributed by atoms with Gasteiger partial charge in [-0.2, -0.15) is 0 Å². The number of nitro benzene ring substituents is 1. The molecule has 162 valence electrons. The van der Waals surface area contributed by atoms with Crippen LogP contribution in [0.1, 0.15) is 31.0 Å². The molecule has 0 aliphatic carbocycles. The molecule has 1 aliphatic rings. The first-order valence-electron chi connectivity index (χ1n) is 10.5. The summed E-state index contributed by atoms with van der Waals surface area (Å²) in [6.07, 6.45) is 4.51. The average Bonchev–Trinajstić information content (AvgIpc) is 3.27. The summed E-state index contributed by atoms with van der Waals surface area (Å²) < 4.78 is 4.91. The van der Waals surface area contributed by atoms with Crippen LogP contribution in [0, 0.1) is 10.1 Å². The van der Waals surface area contributed by atoms with E-state index in [-0.39, 0.29) is 10.6 Å². The largest absolute Gasteiger partial charge is 0.364 e. The quantitative estimate of drug-likeness (QED) is 0.221. The number of nitrogens with zero attached hydrogens (tertiary/aromatic N) is 5. The maximum Gasteiger partial charge on any atom is 0.269 e. The second-order valence-electron chi connectivity index (χ2n) is 7.37. The molecular weight excluding hydrogens is 384 g/mol. The standard InChI is InChI=1S/C21H30N6O3/c1-2-22-21(26-14-12-25(13-15-26)17-19-10-16-30-24-19)23-11-4-3-5-18-6-8-20(9-7-18)27(28)29/h6-10,16H,2-5,11-15,17H2,1H3,(H,22,23). The van der Waals surface area contributed by atoms with Crippen molar-refractivity contribution < 1.29 is 9.45 Å². The van der Waals surface area contributed by atoms with Gasteiger partial charge in [0.1, 0.15) is 6.26 Å². The van der Waals surface area contributed by atoms with Crippen molar-refractivity contribution in [3.8, 4) is 0 Å². The van der Waals surface area contributed by atoms with Gasteiger partial charge in [0.15, 0.2) is 5.96 Å². The summed E-state index contributed by atoms with van der Waals surface area (Å²) in [6, 6.07) is 8.72. The summed E-state index contributed by atoms with van der Waals surface area (Å²) in [5.74, 6) is 0.980. The van der Waals surface area contributed by atoms with Crippen LogP contribution in [0.15, 0.2) is 46.1 Å². The van der Waals surface area contributed by atoms with Gasteiger partial charge in [0.05, 0.1) is 10.6 Å². The van der Waals surface area contributed by atoms with Crippen molar-refractivity contribution in [2.75, 3.05) is 39.3 Å². The van der Waals surface area contributed by atoms with Gasteiger partial charge in [-0.25, -0.2) is 0 Å². The van der Waals surface area contributed by atoms with Gasteiger partial charge in [0.2, 0.25) is 0 Å². The number of aryl methyl sites for hydroxylation is 1. The van der Waals surface area contributed by atoms with Gasteiger partial charge in [-0.3, -0.25) is 20.0 Å². The van der Waals surface area contributed by atoms with Gasteiger partial charge >= 0.3 is 0 Å². The number of piperazine rings is 1. The van der Waals surface area contributed by atoms with Crippen LogP contribution in [0.25, 0.3) is 0 Å². The van der Waals surface area contributed by atoms with Gasteiger partial charge in [-0.1, -0.05) is 17.3 Å². The predicted molar refractivity (Wildman–Crippen MR) is 115 cm³/mol.